The van der Waals surface area contributed by atoms with Crippen molar-refractivity contribution in [3.05, 3.63) is 33.9 Å². The van der Waals surface area contributed by atoms with Crippen molar-refractivity contribution in [1.82, 2.24) is 0 Å². The van der Waals surface area contributed by atoms with Gasteiger partial charge in [0.15, 0.2) is 0 Å². The van der Waals surface area contributed by atoms with E-state index >= 15 is 0 Å². The van der Waals surface area contributed by atoms with E-state index in [0.717, 1.165) is 18.8 Å². The van der Waals surface area contributed by atoms with Crippen molar-refractivity contribution in [2.24, 2.45) is 5.41 Å². The van der Waals surface area contributed by atoms with Crippen LogP contribution in [0.1, 0.15) is 31.2 Å². The summed E-state index contributed by atoms with van der Waals surface area (Å²) < 4.78 is 0. The lowest BCUT2D eigenvalue weighted by molar-refractivity contribution is -0.385. The molecule has 1 aliphatic heterocycles. The van der Waals surface area contributed by atoms with Crippen molar-refractivity contribution in [3.8, 4) is 6.07 Å². The standard InChI is InChI=1S/C14H15N3O2/c15-9-11-8-12(2-3-13(11)17(18)19)16-7-1-4-14(10-16)5-6-14/h2-3,8H,1,4-7,10H2. The van der Waals surface area contributed by atoms with E-state index in [1.807, 2.05) is 6.07 Å². The SMILES string of the molecule is N#Cc1cc(N2CCCC3(CC3)C2)ccc1[N+](=O)[O-]. The largest absolute Gasteiger partial charge is 0.371 e. The number of rotatable bonds is 2. The summed E-state index contributed by atoms with van der Waals surface area (Å²) in [5, 5.41) is 19.9. The predicted octanol–water partition coefficient (Wildman–Crippen LogP) is 2.85. The molecular weight excluding hydrogens is 242 g/mol. The van der Waals surface area contributed by atoms with Gasteiger partial charge in [0.1, 0.15) is 11.6 Å². The van der Waals surface area contributed by atoms with Crippen LogP contribution in [0.5, 0.6) is 0 Å². The van der Waals surface area contributed by atoms with Crippen LogP contribution in [0.2, 0.25) is 0 Å². The van der Waals surface area contributed by atoms with E-state index in [1.165, 1.54) is 31.7 Å². The second kappa shape index (κ2) is 4.23. The fourth-order valence-electron chi connectivity index (χ4n) is 2.98. The van der Waals surface area contributed by atoms with Gasteiger partial charge < -0.3 is 4.90 Å². The Morgan fingerprint density at radius 3 is 2.79 bits per heavy atom. The molecule has 19 heavy (non-hydrogen) atoms. The first kappa shape index (κ1) is 12.0. The van der Waals surface area contributed by atoms with Crippen molar-refractivity contribution in [3.63, 3.8) is 0 Å². The average molecular weight is 257 g/mol. The summed E-state index contributed by atoms with van der Waals surface area (Å²) in [6, 6.07) is 6.79. The lowest BCUT2D eigenvalue weighted by atomic mass is 9.94. The van der Waals surface area contributed by atoms with Crippen LogP contribution >= 0.6 is 0 Å². The van der Waals surface area contributed by atoms with Gasteiger partial charge in [-0.2, -0.15) is 5.26 Å². The highest BCUT2D eigenvalue weighted by molar-refractivity contribution is 5.60. The summed E-state index contributed by atoms with van der Waals surface area (Å²) >= 11 is 0. The smallest absolute Gasteiger partial charge is 0.287 e. The van der Waals surface area contributed by atoms with Crippen LogP contribution < -0.4 is 4.90 Å². The molecule has 3 rings (SSSR count). The topological polar surface area (TPSA) is 70.2 Å². The van der Waals surface area contributed by atoms with Gasteiger partial charge in [-0.1, -0.05) is 0 Å². The number of benzene rings is 1. The Labute approximate surface area is 111 Å². The fraction of sp³-hybridized carbons (Fsp3) is 0.500. The first-order chi connectivity index (χ1) is 9.13. The van der Waals surface area contributed by atoms with Gasteiger partial charge in [0.05, 0.1) is 4.92 Å². The van der Waals surface area contributed by atoms with E-state index in [2.05, 4.69) is 4.90 Å². The van der Waals surface area contributed by atoms with E-state index in [-0.39, 0.29) is 11.3 Å². The average Bonchev–Trinajstić information content (AvgIpc) is 3.16. The number of nitriles is 1. The zero-order valence-electron chi connectivity index (χ0n) is 10.6. The van der Waals surface area contributed by atoms with E-state index in [1.54, 1.807) is 12.1 Å². The van der Waals surface area contributed by atoms with Gasteiger partial charge in [0.2, 0.25) is 0 Å². The number of nitrogens with zero attached hydrogens (tertiary/aromatic N) is 3. The minimum absolute atomic E-state index is 0.107. The maximum Gasteiger partial charge on any atom is 0.287 e. The predicted molar refractivity (Wildman–Crippen MR) is 70.9 cm³/mol. The van der Waals surface area contributed by atoms with Crippen LogP contribution in [0.3, 0.4) is 0 Å². The highest BCUT2D eigenvalue weighted by Crippen LogP contribution is 2.52. The first-order valence-electron chi connectivity index (χ1n) is 6.57. The molecule has 1 saturated heterocycles. The normalized spacial score (nSPS) is 20.1. The highest BCUT2D eigenvalue weighted by Gasteiger charge is 2.45. The summed E-state index contributed by atoms with van der Waals surface area (Å²) in [5.74, 6) is 0. The minimum atomic E-state index is -0.499. The van der Waals surface area contributed by atoms with E-state index in [0.29, 0.717) is 5.41 Å². The van der Waals surface area contributed by atoms with Crippen molar-refractivity contribution in [2.75, 3.05) is 18.0 Å². The Bertz CT molecular complexity index is 573. The van der Waals surface area contributed by atoms with Gasteiger partial charge >= 0.3 is 0 Å². The number of nitro groups is 1. The second-order valence-corrected chi connectivity index (χ2v) is 5.60. The third kappa shape index (κ3) is 2.14. The van der Waals surface area contributed by atoms with Crippen LogP contribution in [0.15, 0.2) is 18.2 Å². The molecule has 98 valence electrons. The van der Waals surface area contributed by atoms with E-state index < -0.39 is 4.92 Å². The molecule has 0 bridgehead atoms. The van der Waals surface area contributed by atoms with Gasteiger partial charge in [-0.3, -0.25) is 10.1 Å². The molecule has 1 saturated carbocycles. The Morgan fingerprint density at radius 1 is 1.37 bits per heavy atom. The molecule has 2 fully saturated rings. The Morgan fingerprint density at radius 2 is 2.16 bits per heavy atom. The van der Waals surface area contributed by atoms with Crippen molar-refractivity contribution >= 4 is 11.4 Å². The van der Waals surface area contributed by atoms with Crippen molar-refractivity contribution < 1.29 is 4.92 Å². The van der Waals surface area contributed by atoms with Crippen molar-refractivity contribution in [1.29, 1.82) is 5.26 Å². The molecule has 1 heterocycles. The molecule has 0 aromatic heterocycles. The number of nitro benzene ring substituents is 1. The second-order valence-electron chi connectivity index (χ2n) is 5.60. The highest BCUT2D eigenvalue weighted by atomic mass is 16.6. The molecule has 0 atom stereocenters. The molecule has 1 aromatic carbocycles. The molecule has 1 aromatic rings. The summed E-state index contributed by atoms with van der Waals surface area (Å²) in [4.78, 5) is 12.6. The molecule has 2 aliphatic rings. The molecule has 0 unspecified atom stereocenters. The van der Waals surface area contributed by atoms with E-state index in [4.69, 9.17) is 5.26 Å². The Balaban J connectivity index is 1.89. The summed E-state index contributed by atoms with van der Waals surface area (Å²) in [6.07, 6.45) is 5.05. The molecule has 0 radical (unpaired) electrons. The summed E-state index contributed by atoms with van der Waals surface area (Å²) in [5.41, 5.74) is 1.47. The lowest BCUT2D eigenvalue weighted by Gasteiger charge is -2.34. The summed E-state index contributed by atoms with van der Waals surface area (Å²) in [7, 11) is 0. The van der Waals surface area contributed by atoms with Crippen LogP contribution in [0.25, 0.3) is 0 Å². The van der Waals surface area contributed by atoms with Crippen LogP contribution in [-0.2, 0) is 0 Å². The first-order valence-corrected chi connectivity index (χ1v) is 6.57. The maximum atomic E-state index is 10.8. The minimum Gasteiger partial charge on any atom is -0.371 e. The van der Waals surface area contributed by atoms with Crippen LogP contribution in [0.4, 0.5) is 11.4 Å². The molecule has 1 aliphatic carbocycles. The number of anilines is 1. The Hall–Kier alpha value is -2.09. The summed E-state index contributed by atoms with van der Waals surface area (Å²) in [6.45, 7) is 2.00. The van der Waals surface area contributed by atoms with E-state index in [9.17, 15) is 10.1 Å². The van der Waals surface area contributed by atoms with Crippen LogP contribution in [0, 0.1) is 26.9 Å². The van der Waals surface area contributed by atoms with Crippen LogP contribution in [-0.4, -0.2) is 18.0 Å². The Kier molecular flexibility index (Phi) is 2.67. The molecule has 0 amide bonds. The third-order valence-electron chi connectivity index (χ3n) is 4.28. The number of hydrogen-bond donors (Lipinski definition) is 0. The monoisotopic (exact) mass is 257 g/mol. The zero-order valence-corrected chi connectivity index (χ0v) is 10.6. The lowest BCUT2D eigenvalue weighted by Crippen LogP contribution is -2.36. The molecule has 1 spiro atoms. The van der Waals surface area contributed by atoms with Gasteiger partial charge in [0.25, 0.3) is 5.69 Å². The maximum absolute atomic E-state index is 10.8. The zero-order chi connectivity index (χ0) is 13.5. The van der Waals surface area contributed by atoms with Gasteiger partial charge in [-0.15, -0.1) is 0 Å². The van der Waals surface area contributed by atoms with Gasteiger partial charge in [-0.05, 0) is 43.2 Å². The number of hydrogen-bond acceptors (Lipinski definition) is 4. The van der Waals surface area contributed by atoms with Crippen molar-refractivity contribution in [2.45, 2.75) is 25.7 Å². The van der Waals surface area contributed by atoms with Gasteiger partial charge in [0, 0.05) is 24.8 Å². The van der Waals surface area contributed by atoms with Gasteiger partial charge in [-0.25, -0.2) is 0 Å². The number of piperidine rings is 1. The molecular formula is C14H15N3O2. The molecule has 5 heteroatoms. The molecule has 0 N–H and O–H groups in total. The molecule has 5 nitrogen and oxygen atoms in total. The quantitative estimate of drug-likeness (QED) is 0.603. The fourth-order valence-corrected chi connectivity index (χ4v) is 2.98. The third-order valence-corrected chi connectivity index (χ3v) is 4.28.